The van der Waals surface area contributed by atoms with E-state index < -0.39 is 0 Å². The Balaban J connectivity index is 0.00000202. The van der Waals surface area contributed by atoms with Gasteiger partial charge in [-0.3, -0.25) is 9.59 Å². The van der Waals surface area contributed by atoms with E-state index in [-0.39, 0.29) is 70.0 Å². The van der Waals surface area contributed by atoms with Crippen molar-refractivity contribution in [1.82, 2.24) is 5.32 Å². The zero-order valence-electron chi connectivity index (χ0n) is 28.5. The quantitative estimate of drug-likeness (QED) is 0.462. The molecule has 1 N–H and O–H groups in total. The maximum atomic E-state index is 13.6. The van der Waals surface area contributed by atoms with Crippen LogP contribution in [0.3, 0.4) is 0 Å². The molecule has 4 heteroatoms. The molecular weight excluding hydrogens is 513 g/mol. The van der Waals surface area contributed by atoms with Crippen LogP contribution in [-0.2, 0) is 4.79 Å². The van der Waals surface area contributed by atoms with Crippen LogP contribution in [0.15, 0.2) is 41.5 Å². The summed E-state index contributed by atoms with van der Waals surface area (Å²) in [5, 5.41) is 3.63. The summed E-state index contributed by atoms with van der Waals surface area (Å²) in [6.07, 6.45) is 10.2. The van der Waals surface area contributed by atoms with Gasteiger partial charge < -0.3 is 6.74 Å². The molecular formula is C37H54NNaO2. The molecule has 5 aliphatic rings. The summed E-state index contributed by atoms with van der Waals surface area (Å²) in [4.78, 5) is 27.0. The first-order valence-corrected chi connectivity index (χ1v) is 16.3. The number of carbonyl (C=O) groups is 2. The van der Waals surface area contributed by atoms with Crippen LogP contribution >= 0.6 is 0 Å². The fraction of sp³-hybridized carbons (Fsp3) is 0.730. The van der Waals surface area contributed by atoms with Crippen molar-refractivity contribution in [3.05, 3.63) is 47.0 Å². The minimum Gasteiger partial charge on any atom is -1.00 e. The van der Waals surface area contributed by atoms with Crippen molar-refractivity contribution in [3.8, 4) is 0 Å². The van der Waals surface area contributed by atoms with Crippen molar-refractivity contribution in [2.45, 2.75) is 119 Å². The van der Waals surface area contributed by atoms with E-state index in [0.717, 1.165) is 24.8 Å². The number of benzene rings is 1. The van der Waals surface area contributed by atoms with Crippen LogP contribution < -0.4 is 34.9 Å². The van der Waals surface area contributed by atoms with Crippen LogP contribution in [0.25, 0.3) is 0 Å². The van der Waals surface area contributed by atoms with Crippen molar-refractivity contribution in [1.29, 1.82) is 0 Å². The van der Waals surface area contributed by atoms with E-state index in [1.165, 1.54) is 44.1 Å². The Morgan fingerprint density at radius 2 is 1.54 bits per heavy atom. The van der Waals surface area contributed by atoms with E-state index >= 15 is 0 Å². The van der Waals surface area contributed by atoms with Gasteiger partial charge in [0.15, 0.2) is 5.78 Å². The third-order valence-electron chi connectivity index (χ3n) is 14.1. The first-order chi connectivity index (χ1) is 18.7. The van der Waals surface area contributed by atoms with E-state index in [9.17, 15) is 9.59 Å². The first kappa shape index (κ1) is 31.5. The molecule has 0 heterocycles. The summed E-state index contributed by atoms with van der Waals surface area (Å²) in [6, 6.07) is 10.00. The maximum absolute atomic E-state index is 13.6. The number of ketones is 1. The molecule has 5 aliphatic carbocycles. The Morgan fingerprint density at radius 1 is 0.854 bits per heavy atom. The van der Waals surface area contributed by atoms with Gasteiger partial charge >= 0.3 is 29.6 Å². The topological polar surface area (TPSA) is 46.2 Å². The van der Waals surface area contributed by atoms with Gasteiger partial charge in [0.25, 0.3) is 5.91 Å². The second-order valence-electron chi connectivity index (χ2n) is 16.5. The number of carbonyl (C=O) groups excluding carboxylic acids is 2. The molecule has 8 atom stereocenters. The summed E-state index contributed by atoms with van der Waals surface area (Å²) in [5.74, 6) is 2.48. The van der Waals surface area contributed by atoms with Crippen molar-refractivity contribution in [2.75, 3.05) is 0 Å². The Hall–Kier alpha value is -0.900. The van der Waals surface area contributed by atoms with E-state index in [4.69, 9.17) is 0 Å². The molecule has 1 amide bonds. The van der Waals surface area contributed by atoms with Crippen LogP contribution in [0.1, 0.15) is 125 Å². The van der Waals surface area contributed by atoms with Crippen LogP contribution in [-0.4, -0.2) is 17.7 Å². The molecule has 0 aromatic heterocycles. The average Bonchev–Trinajstić information content (AvgIpc) is 3.17. The molecule has 41 heavy (non-hydrogen) atoms. The van der Waals surface area contributed by atoms with Crippen LogP contribution in [0.5, 0.6) is 0 Å². The van der Waals surface area contributed by atoms with Crippen LogP contribution in [0, 0.1) is 50.7 Å². The third-order valence-corrected chi connectivity index (χ3v) is 14.1. The third kappa shape index (κ3) is 4.36. The molecule has 1 aromatic rings. The van der Waals surface area contributed by atoms with Gasteiger partial charge in [0.05, 0.1) is 0 Å². The molecule has 0 spiro atoms. The maximum Gasteiger partial charge on any atom is 1.00 e. The minimum atomic E-state index is 0. The zero-order chi connectivity index (χ0) is 28.9. The molecule has 4 fully saturated rings. The number of rotatable bonds is 3. The molecule has 0 aliphatic heterocycles. The van der Waals surface area contributed by atoms with Gasteiger partial charge in [-0.15, -0.1) is 0 Å². The number of hydrogen-bond acceptors (Lipinski definition) is 2. The zero-order valence-corrected chi connectivity index (χ0v) is 29.5. The summed E-state index contributed by atoms with van der Waals surface area (Å²) >= 11 is 0. The number of nitrogens with one attached hydrogen (secondary N) is 1. The van der Waals surface area contributed by atoms with Gasteiger partial charge in [-0.25, -0.2) is 0 Å². The van der Waals surface area contributed by atoms with Gasteiger partial charge in [0, 0.05) is 18.0 Å². The first-order valence-electron chi connectivity index (χ1n) is 16.3. The van der Waals surface area contributed by atoms with Crippen molar-refractivity contribution in [2.24, 2.45) is 50.7 Å². The number of Topliss-reactive ketones (excluding diaryl/α,β-unsaturated/α-hetero) is 1. The molecule has 3 nitrogen and oxygen atoms in total. The molecule has 1 aromatic carbocycles. The monoisotopic (exact) mass is 567 g/mol. The molecule has 0 bridgehead atoms. The summed E-state index contributed by atoms with van der Waals surface area (Å²) in [5.41, 5.74) is 4.27. The smallest absolute Gasteiger partial charge is 1.00 e. The van der Waals surface area contributed by atoms with Gasteiger partial charge in [0.2, 0.25) is 0 Å². The second kappa shape index (κ2) is 10.3. The number of amides is 1. The number of fused-ring (bicyclic) bond motifs is 7. The van der Waals surface area contributed by atoms with E-state index in [1.54, 1.807) is 5.57 Å². The predicted octanol–water partition coefficient (Wildman–Crippen LogP) is 5.90. The number of allylic oxidation sites excluding steroid dienone is 2. The van der Waals surface area contributed by atoms with Crippen molar-refractivity contribution in [3.63, 3.8) is 0 Å². The summed E-state index contributed by atoms with van der Waals surface area (Å²) in [6.45, 7) is 19.7. The van der Waals surface area contributed by atoms with Crippen molar-refractivity contribution >= 4 is 11.7 Å². The molecule has 0 radical (unpaired) electrons. The van der Waals surface area contributed by atoms with E-state index in [1.807, 2.05) is 30.3 Å². The Kier molecular flexibility index (Phi) is 7.95. The van der Waals surface area contributed by atoms with Crippen LogP contribution in [0.2, 0.25) is 0 Å². The van der Waals surface area contributed by atoms with Gasteiger partial charge in [0.1, 0.15) is 0 Å². The summed E-state index contributed by atoms with van der Waals surface area (Å²) in [7, 11) is 0. The number of hydrogen-bond donors (Lipinski definition) is 1. The van der Waals surface area contributed by atoms with Crippen molar-refractivity contribution < 1.29 is 40.6 Å². The minimum absolute atomic E-state index is 0. The molecule has 1 unspecified atom stereocenters. The molecule has 0 saturated heterocycles. The standard InChI is InChI=1S/C37H53NO2.Na.H/c1-23(2)30-26(39)22-34(5)20-21-35(6)25(31(30)34)14-15-28-36(35,7)19-16-27-33(3,4)18-17-29(37(27,28)8)38-32(40)24-12-10-9-11-13-24;;/h9-13,23,25,27-29H,14-22H2,1-8H3,(H,38,40);;/q;+1;-1/t25-,27+,28+,29?,34+,35-,36-,37+;;/m1../s1. The fourth-order valence-electron chi connectivity index (χ4n) is 11.9. The normalized spacial score (nSPS) is 42.9. The largest absolute Gasteiger partial charge is 1.00 e. The SMILES string of the molecule is CC(C)C1=C2[C@H]3CC[C@@H]4[C@@]5(C)C(NC(=O)c6ccccc6)CCC(C)(C)[C@@H]5CC[C@@]4(C)[C@]3(C)CC[C@@]2(C)CC1=O.[H-].[Na+]. The predicted molar refractivity (Wildman–Crippen MR) is 164 cm³/mol. The van der Waals surface area contributed by atoms with E-state index in [2.05, 4.69) is 60.7 Å². The molecule has 4 saturated carbocycles. The Morgan fingerprint density at radius 3 is 2.20 bits per heavy atom. The van der Waals surface area contributed by atoms with Gasteiger partial charge in [-0.2, -0.15) is 0 Å². The summed E-state index contributed by atoms with van der Waals surface area (Å²) < 4.78 is 0. The Labute approximate surface area is 273 Å². The van der Waals surface area contributed by atoms with Gasteiger partial charge in [-0.1, -0.05) is 79.2 Å². The molecule has 220 valence electrons. The van der Waals surface area contributed by atoms with Crippen LogP contribution in [0.4, 0.5) is 0 Å². The fourth-order valence-corrected chi connectivity index (χ4v) is 11.9. The van der Waals surface area contributed by atoms with E-state index in [0.29, 0.717) is 29.5 Å². The second-order valence-corrected chi connectivity index (χ2v) is 16.5. The van der Waals surface area contributed by atoms with Gasteiger partial charge in [-0.05, 0) is 120 Å². The average molecular weight is 568 g/mol. The Bertz CT molecular complexity index is 1260. The molecule has 6 rings (SSSR count).